The molecule has 0 radical (unpaired) electrons. The Bertz CT molecular complexity index is 762. The Kier molecular flexibility index (Phi) is 5.19. The molecule has 3 aromatic rings. The average molecular weight is 321 g/mol. The van der Waals surface area contributed by atoms with E-state index in [1.165, 1.54) is 0 Å². The predicted molar refractivity (Wildman–Crippen MR) is 93.9 cm³/mol. The molecule has 0 amide bonds. The summed E-state index contributed by atoms with van der Waals surface area (Å²) >= 11 is 0. The van der Waals surface area contributed by atoms with Crippen LogP contribution in [0.25, 0.3) is 0 Å². The Balaban J connectivity index is 1.56. The molecule has 24 heavy (non-hydrogen) atoms. The van der Waals surface area contributed by atoms with Crippen LogP contribution < -0.4 is 15.4 Å². The number of aromatic nitrogens is 3. The van der Waals surface area contributed by atoms with Crippen LogP contribution in [0.15, 0.2) is 61.2 Å². The van der Waals surface area contributed by atoms with Crippen molar-refractivity contribution in [2.45, 2.75) is 13.1 Å². The average Bonchev–Trinajstić information content (AvgIpc) is 2.66. The Hall–Kier alpha value is -3.15. The van der Waals surface area contributed by atoms with E-state index in [-0.39, 0.29) is 0 Å². The molecule has 2 aromatic heterocycles. The Morgan fingerprint density at radius 2 is 1.62 bits per heavy atom. The fraction of sp³-hybridized carbons (Fsp3) is 0.167. The standard InChI is InChI=1S/C18H19N5O/c1-24-16-6-4-14(5-7-16)11-20-17-9-18(23-13-22-17)21-12-15-3-2-8-19-10-15/h2-10,13H,11-12H2,1H3,(H2,20,21,22,23). The molecule has 0 spiro atoms. The van der Waals surface area contributed by atoms with Gasteiger partial charge in [0.15, 0.2) is 0 Å². The molecule has 0 aliphatic rings. The summed E-state index contributed by atoms with van der Waals surface area (Å²) in [6.07, 6.45) is 5.13. The number of benzene rings is 1. The van der Waals surface area contributed by atoms with Crippen LogP contribution in [0, 0.1) is 0 Å². The van der Waals surface area contributed by atoms with Gasteiger partial charge in [0.05, 0.1) is 7.11 Å². The number of nitrogens with one attached hydrogen (secondary N) is 2. The van der Waals surface area contributed by atoms with Crippen LogP contribution in [0.4, 0.5) is 11.6 Å². The third-order valence-corrected chi connectivity index (χ3v) is 3.50. The summed E-state index contributed by atoms with van der Waals surface area (Å²) in [7, 11) is 1.66. The zero-order valence-corrected chi connectivity index (χ0v) is 13.4. The summed E-state index contributed by atoms with van der Waals surface area (Å²) in [4.78, 5) is 12.6. The van der Waals surface area contributed by atoms with Crippen LogP contribution in [0.5, 0.6) is 5.75 Å². The molecule has 0 saturated carbocycles. The molecular formula is C18H19N5O. The molecule has 0 saturated heterocycles. The Morgan fingerprint density at radius 1 is 0.917 bits per heavy atom. The molecule has 2 N–H and O–H groups in total. The lowest BCUT2D eigenvalue weighted by molar-refractivity contribution is 0.414. The molecule has 3 rings (SSSR count). The van der Waals surface area contributed by atoms with Crippen LogP contribution in [-0.4, -0.2) is 22.1 Å². The minimum absolute atomic E-state index is 0.669. The summed E-state index contributed by atoms with van der Waals surface area (Å²) in [6.45, 7) is 1.35. The topological polar surface area (TPSA) is 72.0 Å². The van der Waals surface area contributed by atoms with Gasteiger partial charge < -0.3 is 15.4 Å². The number of hydrogen-bond donors (Lipinski definition) is 2. The molecule has 1 aromatic carbocycles. The van der Waals surface area contributed by atoms with Gasteiger partial charge in [-0.15, -0.1) is 0 Å². The fourth-order valence-corrected chi connectivity index (χ4v) is 2.18. The van der Waals surface area contributed by atoms with Gasteiger partial charge in [0.2, 0.25) is 0 Å². The highest BCUT2D eigenvalue weighted by Crippen LogP contribution is 2.14. The van der Waals surface area contributed by atoms with Gasteiger partial charge in [-0.25, -0.2) is 9.97 Å². The van der Waals surface area contributed by atoms with Crippen molar-refractivity contribution < 1.29 is 4.74 Å². The molecular weight excluding hydrogens is 302 g/mol. The van der Waals surface area contributed by atoms with Crippen molar-refractivity contribution in [3.63, 3.8) is 0 Å². The van der Waals surface area contributed by atoms with Crippen molar-refractivity contribution in [3.05, 3.63) is 72.3 Å². The lowest BCUT2D eigenvalue weighted by Gasteiger charge is -2.09. The van der Waals surface area contributed by atoms with Crippen LogP contribution >= 0.6 is 0 Å². The number of ether oxygens (including phenoxy) is 1. The van der Waals surface area contributed by atoms with E-state index >= 15 is 0 Å². The maximum absolute atomic E-state index is 5.16. The SMILES string of the molecule is COc1ccc(CNc2cc(NCc3cccnc3)ncn2)cc1. The van der Waals surface area contributed by atoms with E-state index in [9.17, 15) is 0 Å². The van der Waals surface area contributed by atoms with Crippen LogP contribution in [0.2, 0.25) is 0 Å². The van der Waals surface area contributed by atoms with Gasteiger partial charge in [0.25, 0.3) is 0 Å². The number of anilines is 2. The van der Waals surface area contributed by atoms with Gasteiger partial charge >= 0.3 is 0 Å². The van der Waals surface area contributed by atoms with Gasteiger partial charge in [-0.05, 0) is 29.3 Å². The van der Waals surface area contributed by atoms with E-state index in [1.807, 2.05) is 48.7 Å². The first-order valence-corrected chi connectivity index (χ1v) is 7.65. The zero-order chi connectivity index (χ0) is 16.6. The summed E-state index contributed by atoms with van der Waals surface area (Å²) < 4.78 is 5.16. The highest BCUT2D eigenvalue weighted by atomic mass is 16.5. The highest BCUT2D eigenvalue weighted by molar-refractivity contribution is 5.47. The van der Waals surface area contributed by atoms with Crippen molar-refractivity contribution >= 4 is 11.6 Å². The first-order valence-electron chi connectivity index (χ1n) is 7.65. The van der Waals surface area contributed by atoms with Crippen molar-refractivity contribution in [1.29, 1.82) is 0 Å². The van der Waals surface area contributed by atoms with Crippen molar-refractivity contribution in [3.8, 4) is 5.75 Å². The van der Waals surface area contributed by atoms with Crippen LogP contribution in [-0.2, 0) is 13.1 Å². The second-order valence-electron chi connectivity index (χ2n) is 5.20. The minimum Gasteiger partial charge on any atom is -0.497 e. The molecule has 0 atom stereocenters. The van der Waals surface area contributed by atoms with E-state index in [2.05, 4.69) is 25.6 Å². The lowest BCUT2D eigenvalue weighted by Crippen LogP contribution is -2.05. The van der Waals surface area contributed by atoms with E-state index < -0.39 is 0 Å². The van der Waals surface area contributed by atoms with Crippen molar-refractivity contribution in [1.82, 2.24) is 15.0 Å². The highest BCUT2D eigenvalue weighted by Gasteiger charge is 2.00. The summed E-state index contributed by atoms with van der Waals surface area (Å²) in [5, 5.41) is 6.56. The van der Waals surface area contributed by atoms with Gasteiger partial charge in [-0.1, -0.05) is 18.2 Å². The molecule has 2 heterocycles. The molecule has 0 unspecified atom stereocenters. The lowest BCUT2D eigenvalue weighted by atomic mass is 10.2. The Morgan fingerprint density at radius 3 is 2.25 bits per heavy atom. The molecule has 6 heteroatoms. The number of nitrogens with zero attached hydrogens (tertiary/aromatic N) is 3. The summed E-state index contributed by atoms with van der Waals surface area (Å²) in [5.74, 6) is 2.39. The van der Waals surface area contributed by atoms with E-state index in [1.54, 1.807) is 19.6 Å². The number of methoxy groups -OCH3 is 1. The fourth-order valence-electron chi connectivity index (χ4n) is 2.18. The van der Waals surface area contributed by atoms with Gasteiger partial charge in [-0.3, -0.25) is 4.98 Å². The monoisotopic (exact) mass is 321 g/mol. The third kappa shape index (κ3) is 4.42. The predicted octanol–water partition coefficient (Wildman–Crippen LogP) is 3.10. The first kappa shape index (κ1) is 15.7. The largest absolute Gasteiger partial charge is 0.497 e. The minimum atomic E-state index is 0.669. The number of hydrogen-bond acceptors (Lipinski definition) is 6. The number of rotatable bonds is 7. The van der Waals surface area contributed by atoms with Crippen molar-refractivity contribution in [2.24, 2.45) is 0 Å². The van der Waals surface area contributed by atoms with Gasteiger partial charge in [0, 0.05) is 31.5 Å². The quantitative estimate of drug-likeness (QED) is 0.697. The molecule has 0 aliphatic heterocycles. The van der Waals surface area contributed by atoms with Gasteiger partial charge in [-0.2, -0.15) is 0 Å². The normalized spacial score (nSPS) is 10.2. The van der Waals surface area contributed by atoms with Crippen molar-refractivity contribution in [2.75, 3.05) is 17.7 Å². The third-order valence-electron chi connectivity index (χ3n) is 3.50. The maximum Gasteiger partial charge on any atom is 0.131 e. The molecule has 0 bridgehead atoms. The van der Waals surface area contributed by atoms with E-state index in [0.29, 0.717) is 13.1 Å². The smallest absolute Gasteiger partial charge is 0.131 e. The van der Waals surface area contributed by atoms with Crippen LogP contribution in [0.1, 0.15) is 11.1 Å². The second kappa shape index (κ2) is 7.92. The van der Waals surface area contributed by atoms with E-state index in [0.717, 1.165) is 28.5 Å². The van der Waals surface area contributed by atoms with E-state index in [4.69, 9.17) is 4.74 Å². The summed E-state index contributed by atoms with van der Waals surface area (Å²) in [5.41, 5.74) is 2.25. The molecule has 122 valence electrons. The molecule has 0 aliphatic carbocycles. The van der Waals surface area contributed by atoms with Gasteiger partial charge in [0.1, 0.15) is 23.7 Å². The molecule has 6 nitrogen and oxygen atoms in total. The van der Waals surface area contributed by atoms with Crippen LogP contribution in [0.3, 0.4) is 0 Å². The zero-order valence-electron chi connectivity index (χ0n) is 13.4. The Labute approximate surface area is 141 Å². The molecule has 0 fully saturated rings. The first-order chi connectivity index (χ1) is 11.8. The summed E-state index contributed by atoms with van der Waals surface area (Å²) in [6, 6.07) is 13.8. The second-order valence-corrected chi connectivity index (χ2v) is 5.20. The maximum atomic E-state index is 5.16. The number of pyridine rings is 1.